The molecule has 1 aromatic carbocycles. The first-order chi connectivity index (χ1) is 14.1. The number of benzene rings is 1. The zero-order chi connectivity index (χ0) is 19.8. The Bertz CT molecular complexity index is 1160. The lowest BCUT2D eigenvalue weighted by molar-refractivity contribution is 0.00975. The summed E-state index contributed by atoms with van der Waals surface area (Å²) in [5, 5.41) is 18.1. The molecular weight excluding hydrogens is 364 g/mol. The van der Waals surface area contributed by atoms with E-state index < -0.39 is 5.60 Å². The van der Waals surface area contributed by atoms with Crippen LogP contribution in [0.5, 0.6) is 0 Å². The van der Waals surface area contributed by atoms with Gasteiger partial charge in [0.1, 0.15) is 0 Å². The van der Waals surface area contributed by atoms with Gasteiger partial charge < -0.3 is 10.4 Å². The van der Waals surface area contributed by atoms with E-state index in [0.29, 0.717) is 11.9 Å². The molecule has 148 valence electrons. The Labute approximate surface area is 168 Å². The standard InChI is InChI=1S/C22H24N6O/c1-22(29)7-4-15(5-8-22)13-25-21-26-14-20-17(6-11-28(20)27-21)16-2-3-18-19(12-16)24-10-9-23-18/h2-3,6,9-12,14-15,29H,4-5,7-8,13H2,1H3,(H,25,27). The van der Waals surface area contributed by atoms with E-state index in [1.807, 2.05) is 36.0 Å². The topological polar surface area (TPSA) is 88.2 Å². The van der Waals surface area contributed by atoms with Gasteiger partial charge in [0.25, 0.3) is 0 Å². The van der Waals surface area contributed by atoms with Gasteiger partial charge >= 0.3 is 0 Å². The number of nitrogens with one attached hydrogen (secondary N) is 1. The number of hydrogen-bond acceptors (Lipinski definition) is 6. The van der Waals surface area contributed by atoms with Crippen LogP contribution in [-0.4, -0.2) is 41.8 Å². The van der Waals surface area contributed by atoms with Crippen molar-refractivity contribution in [3.63, 3.8) is 0 Å². The number of fused-ring (bicyclic) bond motifs is 2. The first kappa shape index (κ1) is 18.0. The summed E-state index contributed by atoms with van der Waals surface area (Å²) in [7, 11) is 0. The maximum atomic E-state index is 10.1. The van der Waals surface area contributed by atoms with Gasteiger partial charge in [-0.25, -0.2) is 9.50 Å². The average Bonchev–Trinajstić information content (AvgIpc) is 3.16. The van der Waals surface area contributed by atoms with Crippen LogP contribution in [0.15, 0.2) is 49.1 Å². The van der Waals surface area contributed by atoms with Crippen molar-refractivity contribution >= 4 is 22.5 Å². The fraction of sp³-hybridized carbons (Fsp3) is 0.364. The van der Waals surface area contributed by atoms with Gasteiger partial charge in [0, 0.05) is 30.7 Å². The molecule has 0 bridgehead atoms. The van der Waals surface area contributed by atoms with Gasteiger partial charge in [0.15, 0.2) is 0 Å². The second kappa shape index (κ2) is 7.08. The maximum absolute atomic E-state index is 10.1. The van der Waals surface area contributed by atoms with Crippen LogP contribution in [0, 0.1) is 5.92 Å². The predicted molar refractivity (Wildman–Crippen MR) is 113 cm³/mol. The maximum Gasteiger partial charge on any atom is 0.241 e. The molecule has 3 heterocycles. The Hall–Kier alpha value is -3.06. The zero-order valence-electron chi connectivity index (χ0n) is 16.4. The third kappa shape index (κ3) is 3.65. The lowest BCUT2D eigenvalue weighted by Crippen LogP contribution is -2.32. The smallest absolute Gasteiger partial charge is 0.241 e. The Morgan fingerprint density at radius 1 is 1.10 bits per heavy atom. The van der Waals surface area contributed by atoms with Crippen LogP contribution < -0.4 is 5.32 Å². The van der Waals surface area contributed by atoms with Gasteiger partial charge in [0.05, 0.1) is 28.3 Å². The number of aromatic nitrogens is 5. The summed E-state index contributed by atoms with van der Waals surface area (Å²) in [4.78, 5) is 13.2. The Morgan fingerprint density at radius 2 is 1.90 bits per heavy atom. The molecule has 1 fully saturated rings. The van der Waals surface area contributed by atoms with E-state index in [9.17, 15) is 5.11 Å². The number of aliphatic hydroxyl groups is 1. The molecule has 1 aliphatic carbocycles. The van der Waals surface area contributed by atoms with E-state index >= 15 is 0 Å². The van der Waals surface area contributed by atoms with Crippen molar-refractivity contribution in [3.8, 4) is 11.1 Å². The van der Waals surface area contributed by atoms with Gasteiger partial charge in [0.2, 0.25) is 5.95 Å². The van der Waals surface area contributed by atoms with Crippen molar-refractivity contribution in [2.45, 2.75) is 38.2 Å². The van der Waals surface area contributed by atoms with Crippen LogP contribution in [0.1, 0.15) is 32.6 Å². The van der Waals surface area contributed by atoms with Crippen LogP contribution in [-0.2, 0) is 0 Å². The van der Waals surface area contributed by atoms with Crippen molar-refractivity contribution in [3.05, 3.63) is 49.1 Å². The molecule has 5 rings (SSSR count). The Kier molecular flexibility index (Phi) is 4.39. The first-order valence-corrected chi connectivity index (χ1v) is 10.1. The van der Waals surface area contributed by atoms with Crippen molar-refractivity contribution in [2.75, 3.05) is 11.9 Å². The van der Waals surface area contributed by atoms with Crippen LogP contribution in [0.4, 0.5) is 5.95 Å². The predicted octanol–water partition coefficient (Wildman–Crippen LogP) is 3.69. The molecule has 0 spiro atoms. The molecule has 2 N–H and O–H groups in total. The molecule has 29 heavy (non-hydrogen) atoms. The molecule has 0 amide bonds. The van der Waals surface area contributed by atoms with Gasteiger partial charge in [-0.15, -0.1) is 5.10 Å². The third-order valence-corrected chi connectivity index (χ3v) is 5.93. The molecule has 3 aromatic heterocycles. The quantitative estimate of drug-likeness (QED) is 0.554. The molecule has 0 radical (unpaired) electrons. The number of rotatable bonds is 4. The van der Waals surface area contributed by atoms with Crippen LogP contribution in [0.25, 0.3) is 27.7 Å². The van der Waals surface area contributed by atoms with E-state index in [-0.39, 0.29) is 0 Å². The van der Waals surface area contributed by atoms with E-state index in [2.05, 4.69) is 37.5 Å². The molecule has 0 aliphatic heterocycles. The summed E-state index contributed by atoms with van der Waals surface area (Å²) in [6, 6.07) is 8.13. The molecule has 7 heteroatoms. The third-order valence-electron chi connectivity index (χ3n) is 5.93. The Balaban J connectivity index is 1.34. The van der Waals surface area contributed by atoms with Crippen molar-refractivity contribution < 1.29 is 5.11 Å². The summed E-state index contributed by atoms with van der Waals surface area (Å²) in [6.45, 7) is 2.76. The highest BCUT2D eigenvalue weighted by Crippen LogP contribution is 2.32. The van der Waals surface area contributed by atoms with Gasteiger partial charge in [-0.2, -0.15) is 0 Å². The fourth-order valence-electron chi connectivity index (χ4n) is 4.10. The van der Waals surface area contributed by atoms with Crippen molar-refractivity contribution in [1.29, 1.82) is 0 Å². The number of nitrogens with zero attached hydrogens (tertiary/aromatic N) is 5. The Morgan fingerprint density at radius 3 is 2.72 bits per heavy atom. The van der Waals surface area contributed by atoms with E-state index in [0.717, 1.165) is 59.9 Å². The SMILES string of the molecule is CC1(O)CCC(CNc2ncc3c(-c4ccc5nccnc5c4)ccn3n2)CC1. The average molecular weight is 388 g/mol. The van der Waals surface area contributed by atoms with Gasteiger partial charge in [-0.1, -0.05) is 6.07 Å². The van der Waals surface area contributed by atoms with Crippen molar-refractivity contribution in [1.82, 2.24) is 24.6 Å². The zero-order valence-corrected chi connectivity index (χ0v) is 16.4. The number of anilines is 1. The van der Waals surface area contributed by atoms with Crippen LogP contribution >= 0.6 is 0 Å². The van der Waals surface area contributed by atoms with Crippen LogP contribution in [0.2, 0.25) is 0 Å². The minimum absolute atomic E-state index is 0.498. The molecule has 0 saturated heterocycles. The summed E-state index contributed by atoms with van der Waals surface area (Å²) in [6.07, 6.45) is 11.0. The lowest BCUT2D eigenvalue weighted by atomic mass is 9.80. The largest absolute Gasteiger partial charge is 0.390 e. The molecule has 1 aliphatic rings. The van der Waals surface area contributed by atoms with E-state index in [4.69, 9.17) is 0 Å². The summed E-state index contributed by atoms with van der Waals surface area (Å²) < 4.78 is 1.86. The monoisotopic (exact) mass is 388 g/mol. The summed E-state index contributed by atoms with van der Waals surface area (Å²) in [5.74, 6) is 1.18. The van der Waals surface area contributed by atoms with E-state index in [1.165, 1.54) is 0 Å². The van der Waals surface area contributed by atoms with Gasteiger partial charge in [-0.05, 0) is 62.3 Å². The lowest BCUT2D eigenvalue weighted by Gasteiger charge is -2.33. The highest BCUT2D eigenvalue weighted by Gasteiger charge is 2.28. The highest BCUT2D eigenvalue weighted by atomic mass is 16.3. The molecular formula is C22H24N6O. The van der Waals surface area contributed by atoms with Crippen LogP contribution in [0.3, 0.4) is 0 Å². The van der Waals surface area contributed by atoms with E-state index in [1.54, 1.807) is 12.4 Å². The molecule has 0 unspecified atom stereocenters. The minimum Gasteiger partial charge on any atom is -0.390 e. The summed E-state index contributed by atoms with van der Waals surface area (Å²) in [5.41, 5.74) is 4.34. The minimum atomic E-state index is -0.498. The number of hydrogen-bond donors (Lipinski definition) is 2. The normalized spacial score (nSPS) is 22.2. The summed E-state index contributed by atoms with van der Waals surface area (Å²) >= 11 is 0. The molecule has 0 atom stereocenters. The highest BCUT2D eigenvalue weighted by molar-refractivity contribution is 5.86. The fourth-order valence-corrected chi connectivity index (χ4v) is 4.10. The molecule has 7 nitrogen and oxygen atoms in total. The first-order valence-electron chi connectivity index (χ1n) is 10.1. The molecule has 1 saturated carbocycles. The second-order valence-corrected chi connectivity index (χ2v) is 8.22. The van der Waals surface area contributed by atoms with Crippen molar-refractivity contribution in [2.24, 2.45) is 5.92 Å². The second-order valence-electron chi connectivity index (χ2n) is 8.22. The van der Waals surface area contributed by atoms with Gasteiger partial charge in [-0.3, -0.25) is 9.97 Å². The molecule has 4 aromatic rings.